The predicted molar refractivity (Wildman–Crippen MR) is 152 cm³/mol. The highest BCUT2D eigenvalue weighted by Crippen LogP contribution is 2.55. The lowest BCUT2D eigenvalue weighted by Crippen LogP contribution is -2.52. The monoisotopic (exact) mass is 516 g/mol. The molecule has 0 spiro atoms. The number of esters is 1. The minimum atomic E-state index is -0.887. The van der Waals surface area contributed by atoms with Gasteiger partial charge in [-0.3, -0.25) is 9.59 Å². The molecule has 0 amide bonds. The summed E-state index contributed by atoms with van der Waals surface area (Å²) in [4.78, 5) is 23.4. The first kappa shape index (κ1) is 33.0. The number of allylic oxidation sites excluding steroid dienone is 6. The van der Waals surface area contributed by atoms with Crippen LogP contribution < -0.4 is 0 Å². The highest BCUT2D eigenvalue weighted by Gasteiger charge is 2.52. The summed E-state index contributed by atoms with van der Waals surface area (Å²) in [5, 5.41) is 21.0. The van der Waals surface area contributed by atoms with Crippen LogP contribution in [-0.4, -0.2) is 40.8 Å². The first-order valence-electron chi connectivity index (χ1n) is 13.9. The molecule has 5 heteroatoms. The fourth-order valence-corrected chi connectivity index (χ4v) is 5.63. The molecule has 2 N–H and O–H groups in total. The molecule has 5 nitrogen and oxygen atoms in total. The molecule has 1 rings (SSSR count). The van der Waals surface area contributed by atoms with Crippen LogP contribution >= 0.6 is 0 Å². The van der Waals surface area contributed by atoms with Crippen molar-refractivity contribution < 1.29 is 24.5 Å². The highest BCUT2D eigenvalue weighted by molar-refractivity contribution is 5.74. The normalized spacial score (nSPS) is 26.9. The maximum atomic E-state index is 11.8. The summed E-state index contributed by atoms with van der Waals surface area (Å²) >= 11 is 0. The van der Waals surface area contributed by atoms with Gasteiger partial charge in [0.2, 0.25) is 0 Å². The number of carbonyl (C=O) groups excluding carboxylic acids is 2. The molecule has 0 heterocycles. The Morgan fingerprint density at radius 3 is 2.32 bits per heavy atom. The first-order chi connectivity index (χ1) is 17.3. The second-order valence-electron chi connectivity index (χ2n) is 11.6. The zero-order valence-corrected chi connectivity index (χ0v) is 24.7. The number of hydrogen-bond donors (Lipinski definition) is 2. The first-order valence-corrected chi connectivity index (χ1v) is 13.9. The van der Waals surface area contributed by atoms with Crippen molar-refractivity contribution in [3.8, 4) is 0 Å². The van der Waals surface area contributed by atoms with Crippen LogP contribution in [0.15, 0.2) is 46.1 Å². The summed E-state index contributed by atoms with van der Waals surface area (Å²) in [6.45, 7) is 15.8. The number of aliphatic hydroxyl groups is 2. The van der Waals surface area contributed by atoms with E-state index in [4.69, 9.17) is 4.74 Å². The lowest BCUT2D eigenvalue weighted by atomic mass is 9.54. The largest absolute Gasteiger partial charge is 0.458 e. The van der Waals surface area contributed by atoms with Crippen LogP contribution in [0.5, 0.6) is 0 Å². The van der Waals surface area contributed by atoms with Crippen molar-refractivity contribution in [3.63, 3.8) is 0 Å². The summed E-state index contributed by atoms with van der Waals surface area (Å²) in [5.41, 5.74) is 4.14. The third-order valence-corrected chi connectivity index (χ3v) is 8.35. The van der Waals surface area contributed by atoms with E-state index >= 15 is 0 Å². The topological polar surface area (TPSA) is 83.8 Å². The Morgan fingerprint density at radius 1 is 1.08 bits per heavy atom. The second-order valence-corrected chi connectivity index (χ2v) is 11.6. The van der Waals surface area contributed by atoms with Gasteiger partial charge in [-0.25, -0.2) is 0 Å². The molecule has 0 aromatic heterocycles. The zero-order chi connectivity index (χ0) is 28.2. The Morgan fingerprint density at radius 2 is 1.76 bits per heavy atom. The number of rotatable bonds is 14. The standard InChI is InChI=1S/C32H52O5/c1-23(2)12-9-13-24(3)16-17-30(37-27(6)35)25(4)14-10-19-31(7)29(15-11-21-33)28(26(5)22-34)18-20-32(31,8)36/h12,14,16,22,29-30,33,36H,9-11,13,15,17-21H2,1-8H3/b24-16+,25-14+,28-26-/t29-,30?,31+,32+/m1/s1. The van der Waals surface area contributed by atoms with E-state index in [1.54, 1.807) is 0 Å². The second kappa shape index (κ2) is 15.4. The minimum Gasteiger partial charge on any atom is -0.458 e. The number of ether oxygens (including phenoxy) is 1. The van der Waals surface area contributed by atoms with Gasteiger partial charge in [-0.15, -0.1) is 0 Å². The van der Waals surface area contributed by atoms with Gasteiger partial charge < -0.3 is 14.9 Å². The van der Waals surface area contributed by atoms with Crippen molar-refractivity contribution in [1.29, 1.82) is 0 Å². The van der Waals surface area contributed by atoms with E-state index < -0.39 is 11.0 Å². The molecule has 37 heavy (non-hydrogen) atoms. The molecule has 1 aliphatic carbocycles. The fraction of sp³-hybridized carbons (Fsp3) is 0.688. The Kier molecular flexibility index (Phi) is 13.8. The fourth-order valence-electron chi connectivity index (χ4n) is 5.63. The highest BCUT2D eigenvalue weighted by atomic mass is 16.5. The molecule has 0 aromatic rings. The lowest BCUT2D eigenvalue weighted by molar-refractivity contribution is -0.144. The van der Waals surface area contributed by atoms with Crippen LogP contribution in [0, 0.1) is 11.3 Å². The van der Waals surface area contributed by atoms with Crippen LogP contribution in [0.3, 0.4) is 0 Å². The van der Waals surface area contributed by atoms with E-state index in [0.717, 1.165) is 55.1 Å². The van der Waals surface area contributed by atoms with Gasteiger partial charge in [-0.2, -0.15) is 0 Å². The van der Waals surface area contributed by atoms with Gasteiger partial charge in [0, 0.05) is 25.4 Å². The molecule has 1 aliphatic rings. The van der Waals surface area contributed by atoms with Crippen LogP contribution in [0.25, 0.3) is 0 Å². The third-order valence-electron chi connectivity index (χ3n) is 8.35. The average molecular weight is 517 g/mol. The molecule has 0 saturated heterocycles. The summed E-state index contributed by atoms with van der Waals surface area (Å²) in [5.74, 6) is -0.267. The van der Waals surface area contributed by atoms with Crippen LogP contribution in [0.1, 0.15) is 113 Å². The van der Waals surface area contributed by atoms with Crippen LogP contribution in [0.4, 0.5) is 0 Å². The molecule has 1 unspecified atom stereocenters. The summed E-state index contributed by atoms with van der Waals surface area (Å²) in [6.07, 6.45) is 13.9. The quantitative estimate of drug-likeness (QED) is 0.111. The molecule has 1 fully saturated rings. The lowest BCUT2D eigenvalue weighted by Gasteiger charge is -2.53. The molecule has 4 atom stereocenters. The molecule has 0 bridgehead atoms. The molecule has 0 radical (unpaired) electrons. The van der Waals surface area contributed by atoms with Gasteiger partial charge in [-0.1, -0.05) is 41.9 Å². The van der Waals surface area contributed by atoms with Crippen molar-refractivity contribution in [3.05, 3.63) is 46.1 Å². The van der Waals surface area contributed by atoms with E-state index in [-0.39, 0.29) is 24.6 Å². The van der Waals surface area contributed by atoms with Crippen molar-refractivity contribution in [2.24, 2.45) is 11.3 Å². The number of carbonyl (C=O) groups is 2. The molecule has 210 valence electrons. The Hall–Kier alpha value is -1.98. The number of aldehydes is 1. The van der Waals surface area contributed by atoms with E-state index in [0.29, 0.717) is 25.7 Å². The summed E-state index contributed by atoms with van der Waals surface area (Å²) < 4.78 is 5.66. The van der Waals surface area contributed by atoms with Crippen molar-refractivity contribution in [2.45, 2.75) is 125 Å². The molecule has 0 aliphatic heterocycles. The summed E-state index contributed by atoms with van der Waals surface area (Å²) in [7, 11) is 0. The maximum absolute atomic E-state index is 11.8. The van der Waals surface area contributed by atoms with E-state index in [1.165, 1.54) is 18.1 Å². The molecular weight excluding hydrogens is 464 g/mol. The smallest absolute Gasteiger partial charge is 0.303 e. The van der Waals surface area contributed by atoms with Gasteiger partial charge in [0.25, 0.3) is 0 Å². The Labute approximate surface area is 225 Å². The molecule has 1 saturated carbocycles. The predicted octanol–water partition coefficient (Wildman–Crippen LogP) is 7.18. The van der Waals surface area contributed by atoms with E-state index in [1.807, 2.05) is 20.8 Å². The maximum Gasteiger partial charge on any atom is 0.303 e. The van der Waals surface area contributed by atoms with Crippen LogP contribution in [-0.2, 0) is 14.3 Å². The Bertz CT molecular complexity index is 885. The van der Waals surface area contributed by atoms with Gasteiger partial charge in [0.1, 0.15) is 12.4 Å². The van der Waals surface area contributed by atoms with Gasteiger partial charge in [0.05, 0.1) is 5.60 Å². The molecule has 0 aromatic carbocycles. The van der Waals surface area contributed by atoms with Crippen LogP contribution in [0.2, 0.25) is 0 Å². The third kappa shape index (κ3) is 10.0. The van der Waals surface area contributed by atoms with E-state index in [9.17, 15) is 19.8 Å². The molecular formula is C32H52O5. The van der Waals surface area contributed by atoms with Crippen molar-refractivity contribution in [1.82, 2.24) is 0 Å². The van der Waals surface area contributed by atoms with E-state index in [2.05, 4.69) is 45.9 Å². The summed E-state index contributed by atoms with van der Waals surface area (Å²) in [6, 6.07) is 0. The minimum absolute atomic E-state index is 0.0259. The van der Waals surface area contributed by atoms with Gasteiger partial charge in [-0.05, 0) is 110 Å². The van der Waals surface area contributed by atoms with Crippen molar-refractivity contribution >= 4 is 12.3 Å². The number of hydrogen-bond acceptors (Lipinski definition) is 5. The van der Waals surface area contributed by atoms with Crippen molar-refractivity contribution in [2.75, 3.05) is 6.61 Å². The Balaban J connectivity index is 3.10. The average Bonchev–Trinajstić information content (AvgIpc) is 2.81. The number of aliphatic hydroxyl groups excluding tert-OH is 1. The SMILES string of the molecule is CC(=O)OC(C/C=C(\C)CCC=C(C)C)/C(C)=C/CC[C@@]1(C)[C@H](CCCO)/C(=C(/C)C=O)CC[C@]1(C)O. The van der Waals surface area contributed by atoms with Gasteiger partial charge in [0.15, 0.2) is 0 Å². The van der Waals surface area contributed by atoms with Gasteiger partial charge >= 0.3 is 5.97 Å². The zero-order valence-electron chi connectivity index (χ0n) is 24.7.